The first-order chi connectivity index (χ1) is 29.0. The van der Waals surface area contributed by atoms with Gasteiger partial charge in [-0.3, -0.25) is 0 Å². The van der Waals surface area contributed by atoms with Crippen LogP contribution in [0.15, 0.2) is 180 Å². The minimum absolute atomic E-state index is 0.172. The number of benzene rings is 9. The number of fused-ring (bicyclic) bond motifs is 13. The van der Waals surface area contributed by atoms with Gasteiger partial charge in [0.1, 0.15) is 11.2 Å². The summed E-state index contributed by atoms with van der Waals surface area (Å²) in [7, 11) is 0. The number of rotatable bonds is 3. The fourth-order valence-corrected chi connectivity index (χ4v) is 10.2. The summed E-state index contributed by atoms with van der Waals surface area (Å²) in [6, 6.07) is 63.4. The Morgan fingerprint density at radius 2 is 1.20 bits per heavy atom. The lowest BCUT2D eigenvalue weighted by Crippen LogP contribution is -2.15. The van der Waals surface area contributed by atoms with Gasteiger partial charge in [-0.05, 0) is 86.9 Å². The van der Waals surface area contributed by atoms with Crippen molar-refractivity contribution in [2.24, 2.45) is 0 Å². The monoisotopic (exact) mass is 753 g/mol. The molecule has 9 aromatic carbocycles. The Hall–Kier alpha value is -7.56. The van der Waals surface area contributed by atoms with Crippen LogP contribution in [0.3, 0.4) is 0 Å². The molecule has 0 saturated carbocycles. The summed E-state index contributed by atoms with van der Waals surface area (Å²) in [6.07, 6.45) is 0. The molecule has 1 aliphatic carbocycles. The van der Waals surface area contributed by atoms with E-state index >= 15 is 0 Å². The molecule has 59 heavy (non-hydrogen) atoms. The fourth-order valence-electron chi connectivity index (χ4n) is 10.2. The third-order valence-electron chi connectivity index (χ3n) is 13.0. The van der Waals surface area contributed by atoms with Gasteiger partial charge in [0.2, 0.25) is 0 Å². The first-order valence-electron chi connectivity index (χ1n) is 20.3. The molecule has 3 aromatic heterocycles. The Bertz CT molecular complexity index is 3770. The van der Waals surface area contributed by atoms with Crippen LogP contribution in [0.5, 0.6) is 0 Å². The van der Waals surface area contributed by atoms with Crippen molar-refractivity contribution in [2.75, 3.05) is 0 Å². The highest BCUT2D eigenvalue weighted by Gasteiger charge is 2.37. The molecule has 0 N–H and O–H groups in total. The van der Waals surface area contributed by atoms with E-state index in [0.29, 0.717) is 5.82 Å². The summed E-state index contributed by atoms with van der Waals surface area (Å²) in [6.45, 7) is 4.75. The van der Waals surface area contributed by atoms with Gasteiger partial charge in [-0.15, -0.1) is 0 Å². The van der Waals surface area contributed by atoms with E-state index in [-0.39, 0.29) is 5.41 Å². The molecular weight excluding hydrogens is 719 g/mol. The lowest BCUT2D eigenvalue weighted by Gasteiger charge is -2.22. The molecule has 0 amide bonds. The van der Waals surface area contributed by atoms with E-state index in [1.807, 2.05) is 12.1 Å². The average molecular weight is 754 g/mol. The Labute approximate surface area is 339 Å². The van der Waals surface area contributed by atoms with Crippen molar-refractivity contribution in [2.45, 2.75) is 19.3 Å². The fraction of sp³-hybridized carbons (Fsp3) is 0.0545. The molecule has 0 saturated heterocycles. The molecule has 0 spiro atoms. The zero-order valence-corrected chi connectivity index (χ0v) is 32.5. The lowest BCUT2D eigenvalue weighted by molar-refractivity contribution is 0.661. The standard InChI is InChI=1S/C55H35N3O/c1-55(2)43-28-26-32-13-3-4-16-35(32)52(43)42-30-41-36-17-6-9-22-46(36)58(48(41)31-44(42)55)47-23-12-15-33-14-11-20-40(51(33)47)54-56-45-21-8-5-19-39(45)53(57-54)34-25-27-38-37-18-7-10-24-49(37)59-50(38)29-34/h3-31H,1-2H3. The van der Waals surface area contributed by atoms with E-state index in [0.717, 1.165) is 66.1 Å². The molecule has 1 aliphatic rings. The minimum Gasteiger partial charge on any atom is -0.456 e. The molecular formula is C55H35N3O. The third kappa shape index (κ3) is 4.49. The Balaban J connectivity index is 1.07. The van der Waals surface area contributed by atoms with E-state index in [1.54, 1.807) is 0 Å². The van der Waals surface area contributed by atoms with Gasteiger partial charge in [-0.2, -0.15) is 0 Å². The van der Waals surface area contributed by atoms with E-state index in [1.165, 1.54) is 54.8 Å². The highest BCUT2D eigenvalue weighted by Crippen LogP contribution is 2.53. The van der Waals surface area contributed by atoms with Gasteiger partial charge in [-0.25, -0.2) is 9.97 Å². The van der Waals surface area contributed by atoms with Crippen LogP contribution in [0.2, 0.25) is 0 Å². The summed E-state index contributed by atoms with van der Waals surface area (Å²) < 4.78 is 8.84. The number of hydrogen-bond donors (Lipinski definition) is 0. The molecule has 13 rings (SSSR count). The maximum absolute atomic E-state index is 6.36. The molecule has 4 heteroatoms. The quantitative estimate of drug-likeness (QED) is 0.180. The van der Waals surface area contributed by atoms with Gasteiger partial charge in [0.25, 0.3) is 0 Å². The van der Waals surface area contributed by atoms with Crippen LogP contribution < -0.4 is 0 Å². The van der Waals surface area contributed by atoms with Gasteiger partial charge in [-0.1, -0.05) is 141 Å². The molecule has 0 atom stereocenters. The van der Waals surface area contributed by atoms with Crippen LogP contribution in [0, 0.1) is 0 Å². The molecule has 276 valence electrons. The average Bonchev–Trinajstić information content (AvgIpc) is 3.89. The van der Waals surface area contributed by atoms with Crippen LogP contribution in [-0.2, 0) is 5.41 Å². The van der Waals surface area contributed by atoms with Gasteiger partial charge in [0.05, 0.1) is 27.9 Å². The normalized spacial score (nSPS) is 13.4. The van der Waals surface area contributed by atoms with Crippen molar-refractivity contribution in [3.63, 3.8) is 0 Å². The van der Waals surface area contributed by atoms with Gasteiger partial charge >= 0.3 is 0 Å². The Morgan fingerprint density at radius 3 is 2.10 bits per heavy atom. The molecule has 0 fully saturated rings. The maximum Gasteiger partial charge on any atom is 0.161 e. The van der Waals surface area contributed by atoms with Gasteiger partial charge in [0, 0.05) is 48.9 Å². The summed E-state index contributed by atoms with van der Waals surface area (Å²) in [5.41, 5.74) is 14.2. The second kappa shape index (κ2) is 11.7. The van der Waals surface area contributed by atoms with Crippen molar-refractivity contribution in [1.29, 1.82) is 0 Å². The molecule has 12 aromatic rings. The molecule has 4 nitrogen and oxygen atoms in total. The summed E-state index contributed by atoms with van der Waals surface area (Å²) in [4.78, 5) is 10.7. The number of nitrogens with zero attached hydrogens (tertiary/aromatic N) is 3. The predicted octanol–water partition coefficient (Wildman–Crippen LogP) is 14.6. The van der Waals surface area contributed by atoms with E-state index < -0.39 is 0 Å². The number of furan rings is 1. The van der Waals surface area contributed by atoms with E-state index in [4.69, 9.17) is 14.4 Å². The van der Waals surface area contributed by atoms with Crippen molar-refractivity contribution in [3.8, 4) is 39.5 Å². The van der Waals surface area contributed by atoms with Gasteiger partial charge < -0.3 is 8.98 Å². The number of para-hydroxylation sites is 3. The minimum atomic E-state index is -0.172. The topological polar surface area (TPSA) is 43.9 Å². The highest BCUT2D eigenvalue weighted by atomic mass is 16.3. The number of aromatic nitrogens is 3. The Morgan fingerprint density at radius 1 is 0.475 bits per heavy atom. The zero-order chi connectivity index (χ0) is 39.0. The maximum atomic E-state index is 6.36. The van der Waals surface area contributed by atoms with Crippen LogP contribution in [0.1, 0.15) is 25.0 Å². The van der Waals surface area contributed by atoms with E-state index in [2.05, 4.69) is 182 Å². The van der Waals surface area contributed by atoms with Crippen molar-refractivity contribution >= 4 is 76.2 Å². The van der Waals surface area contributed by atoms with Crippen LogP contribution in [-0.4, -0.2) is 14.5 Å². The van der Waals surface area contributed by atoms with Crippen LogP contribution >= 0.6 is 0 Å². The number of hydrogen-bond acceptors (Lipinski definition) is 3. The van der Waals surface area contributed by atoms with E-state index in [9.17, 15) is 0 Å². The summed E-state index contributed by atoms with van der Waals surface area (Å²) >= 11 is 0. The first-order valence-corrected chi connectivity index (χ1v) is 20.3. The second-order valence-electron chi connectivity index (χ2n) is 16.5. The van der Waals surface area contributed by atoms with Crippen molar-refractivity contribution < 1.29 is 4.42 Å². The third-order valence-corrected chi connectivity index (χ3v) is 13.0. The lowest BCUT2D eigenvalue weighted by atomic mass is 9.82. The molecule has 0 unspecified atom stereocenters. The predicted molar refractivity (Wildman–Crippen MR) is 245 cm³/mol. The highest BCUT2D eigenvalue weighted by molar-refractivity contribution is 6.15. The SMILES string of the molecule is CC1(C)c2cc3c(cc2-c2c1ccc1ccccc21)c1ccccc1n3-c1cccc2cccc(-c3nc(-c4ccc5c(c4)oc4ccccc45)c4ccccc4n3)c12. The van der Waals surface area contributed by atoms with Gasteiger partial charge in [0.15, 0.2) is 5.82 Å². The van der Waals surface area contributed by atoms with Crippen LogP contribution in [0.4, 0.5) is 0 Å². The molecule has 3 heterocycles. The van der Waals surface area contributed by atoms with Crippen molar-refractivity contribution in [1.82, 2.24) is 14.5 Å². The molecule has 0 bridgehead atoms. The smallest absolute Gasteiger partial charge is 0.161 e. The summed E-state index contributed by atoms with van der Waals surface area (Å²) in [5.74, 6) is 0.687. The largest absolute Gasteiger partial charge is 0.456 e. The van der Waals surface area contributed by atoms with Crippen LogP contribution in [0.25, 0.3) is 116 Å². The molecule has 0 aliphatic heterocycles. The van der Waals surface area contributed by atoms with Crippen molar-refractivity contribution in [3.05, 3.63) is 187 Å². The first kappa shape index (κ1) is 32.5. The molecule has 0 radical (unpaired) electrons. The zero-order valence-electron chi connectivity index (χ0n) is 32.5. The Kier molecular flexibility index (Phi) is 6.48. The summed E-state index contributed by atoms with van der Waals surface area (Å²) in [5, 5.41) is 10.5. The second-order valence-corrected chi connectivity index (χ2v) is 16.5.